The van der Waals surface area contributed by atoms with Crippen molar-refractivity contribution in [2.45, 2.75) is 38.0 Å². The molecule has 4 nitrogen and oxygen atoms in total. The molecule has 27 heavy (non-hydrogen) atoms. The summed E-state index contributed by atoms with van der Waals surface area (Å²) in [4.78, 5) is 13.9. The van der Waals surface area contributed by atoms with E-state index in [1.165, 1.54) is 18.4 Å². The Bertz CT molecular complexity index is 757. The van der Waals surface area contributed by atoms with Crippen LogP contribution < -0.4 is 16.0 Å². The van der Waals surface area contributed by atoms with Crippen LogP contribution >= 0.6 is 0 Å². The summed E-state index contributed by atoms with van der Waals surface area (Å²) in [5.41, 5.74) is 9.29. The first kappa shape index (κ1) is 19.4. The van der Waals surface area contributed by atoms with Crippen molar-refractivity contribution in [3.8, 4) is 0 Å². The molecule has 4 heteroatoms. The first-order valence-corrected chi connectivity index (χ1v) is 9.88. The minimum absolute atomic E-state index is 0.120. The number of amides is 2. The fourth-order valence-corrected chi connectivity index (χ4v) is 4.67. The number of nitrogens with zero attached hydrogens (tertiary/aromatic N) is 1. The standard InChI is InChI=1S/C23H31N3O/c1-18-8-6-12-21(14-18)26(22(24)27)16-19-9-7-13-23(15-19,17-25-2)20-10-4-3-5-11-20/h3-6,8,10-12,14,19,25H,7,9,13,15-17H2,1-2H3,(H2,24,27). The molecule has 1 saturated carbocycles. The number of rotatable bonds is 6. The molecule has 0 spiro atoms. The third-order valence-electron chi connectivity index (χ3n) is 5.87. The highest BCUT2D eigenvalue weighted by Gasteiger charge is 2.38. The molecule has 0 aliphatic heterocycles. The van der Waals surface area contributed by atoms with Gasteiger partial charge >= 0.3 is 6.03 Å². The number of hydrogen-bond acceptors (Lipinski definition) is 2. The van der Waals surface area contributed by atoms with Gasteiger partial charge in [-0.3, -0.25) is 4.90 Å². The highest BCUT2D eigenvalue weighted by molar-refractivity contribution is 5.90. The van der Waals surface area contributed by atoms with Crippen molar-refractivity contribution in [3.05, 3.63) is 65.7 Å². The van der Waals surface area contributed by atoms with E-state index >= 15 is 0 Å². The van der Waals surface area contributed by atoms with E-state index in [0.29, 0.717) is 12.5 Å². The number of benzene rings is 2. The summed E-state index contributed by atoms with van der Waals surface area (Å²) >= 11 is 0. The summed E-state index contributed by atoms with van der Waals surface area (Å²) in [5, 5.41) is 3.41. The van der Waals surface area contributed by atoms with Gasteiger partial charge in [0.1, 0.15) is 0 Å². The lowest BCUT2D eigenvalue weighted by atomic mass is 9.65. The molecular weight excluding hydrogens is 334 g/mol. The predicted molar refractivity (Wildman–Crippen MR) is 112 cm³/mol. The van der Waals surface area contributed by atoms with Crippen molar-refractivity contribution >= 4 is 11.7 Å². The highest BCUT2D eigenvalue weighted by atomic mass is 16.2. The number of primary amides is 1. The minimum atomic E-state index is -0.370. The van der Waals surface area contributed by atoms with Crippen LogP contribution in [0.25, 0.3) is 0 Å². The first-order valence-electron chi connectivity index (χ1n) is 9.88. The normalized spacial score (nSPS) is 22.4. The average Bonchev–Trinajstić information content (AvgIpc) is 2.67. The first-order chi connectivity index (χ1) is 13.0. The average molecular weight is 366 g/mol. The molecule has 1 fully saturated rings. The number of likely N-dealkylation sites (N-methyl/N-ethyl adjacent to an activating group) is 1. The maximum absolute atomic E-state index is 12.2. The highest BCUT2D eigenvalue weighted by Crippen LogP contribution is 2.42. The van der Waals surface area contributed by atoms with E-state index in [1.807, 2.05) is 38.2 Å². The lowest BCUT2D eigenvalue weighted by Crippen LogP contribution is -2.46. The second kappa shape index (κ2) is 8.57. The number of aryl methyl sites for hydroxylation is 1. The van der Waals surface area contributed by atoms with Gasteiger partial charge in [0.05, 0.1) is 0 Å². The summed E-state index contributed by atoms with van der Waals surface area (Å²) < 4.78 is 0. The summed E-state index contributed by atoms with van der Waals surface area (Å²) in [6.07, 6.45) is 4.54. The van der Waals surface area contributed by atoms with E-state index in [0.717, 1.165) is 30.6 Å². The molecule has 2 aromatic carbocycles. The molecule has 0 saturated heterocycles. The zero-order valence-electron chi connectivity index (χ0n) is 16.4. The molecule has 2 atom stereocenters. The summed E-state index contributed by atoms with van der Waals surface area (Å²) in [6, 6.07) is 18.5. The SMILES string of the molecule is CNCC1(c2ccccc2)CCCC(CN(C(N)=O)c2cccc(C)c2)C1. The maximum Gasteiger partial charge on any atom is 0.319 e. The van der Waals surface area contributed by atoms with Gasteiger partial charge in [0.25, 0.3) is 0 Å². The van der Waals surface area contributed by atoms with Gasteiger partial charge in [-0.2, -0.15) is 0 Å². The van der Waals surface area contributed by atoms with Gasteiger partial charge in [0, 0.05) is 24.2 Å². The van der Waals surface area contributed by atoms with Crippen LogP contribution in [-0.2, 0) is 5.41 Å². The van der Waals surface area contributed by atoms with Crippen molar-refractivity contribution < 1.29 is 4.79 Å². The van der Waals surface area contributed by atoms with Crippen LogP contribution in [0.5, 0.6) is 0 Å². The van der Waals surface area contributed by atoms with Crippen LogP contribution in [0, 0.1) is 12.8 Å². The smallest absolute Gasteiger partial charge is 0.319 e. The van der Waals surface area contributed by atoms with Gasteiger partial charge in [0.15, 0.2) is 0 Å². The van der Waals surface area contributed by atoms with Gasteiger partial charge in [0.2, 0.25) is 0 Å². The Morgan fingerprint density at radius 1 is 1.22 bits per heavy atom. The van der Waals surface area contributed by atoms with E-state index in [9.17, 15) is 4.79 Å². The Hall–Kier alpha value is -2.33. The molecule has 2 unspecified atom stereocenters. The monoisotopic (exact) mass is 365 g/mol. The minimum Gasteiger partial charge on any atom is -0.351 e. The number of carbonyl (C=O) groups excluding carboxylic acids is 1. The number of hydrogen-bond donors (Lipinski definition) is 2. The zero-order chi connectivity index (χ0) is 19.3. The fraction of sp³-hybridized carbons (Fsp3) is 0.435. The molecule has 0 bridgehead atoms. The van der Waals surface area contributed by atoms with Crippen LogP contribution in [0.2, 0.25) is 0 Å². The van der Waals surface area contributed by atoms with Crippen molar-refractivity contribution in [1.82, 2.24) is 5.32 Å². The largest absolute Gasteiger partial charge is 0.351 e. The number of carbonyl (C=O) groups is 1. The summed E-state index contributed by atoms with van der Waals surface area (Å²) in [7, 11) is 2.02. The van der Waals surface area contributed by atoms with Crippen molar-refractivity contribution in [2.24, 2.45) is 11.7 Å². The number of urea groups is 1. The van der Waals surface area contributed by atoms with E-state index < -0.39 is 0 Å². The third-order valence-corrected chi connectivity index (χ3v) is 5.87. The van der Waals surface area contributed by atoms with Crippen LogP contribution in [0.4, 0.5) is 10.5 Å². The molecule has 0 heterocycles. The molecule has 144 valence electrons. The molecule has 3 N–H and O–H groups in total. The van der Waals surface area contributed by atoms with Crippen LogP contribution in [0.1, 0.15) is 36.8 Å². The van der Waals surface area contributed by atoms with E-state index in [4.69, 9.17) is 5.73 Å². The lowest BCUT2D eigenvalue weighted by molar-refractivity contribution is 0.215. The lowest BCUT2D eigenvalue weighted by Gasteiger charge is -2.43. The molecule has 1 aliphatic rings. The molecular formula is C23H31N3O. The predicted octanol–water partition coefficient (Wildman–Crippen LogP) is 4.23. The quantitative estimate of drug-likeness (QED) is 0.805. The Morgan fingerprint density at radius 2 is 2.00 bits per heavy atom. The van der Waals surface area contributed by atoms with Crippen molar-refractivity contribution in [1.29, 1.82) is 0 Å². The third kappa shape index (κ3) is 4.51. The maximum atomic E-state index is 12.2. The molecule has 2 aromatic rings. The van der Waals surface area contributed by atoms with Gasteiger partial charge in [-0.15, -0.1) is 0 Å². The van der Waals surface area contributed by atoms with Crippen LogP contribution in [-0.4, -0.2) is 26.2 Å². The second-order valence-corrected chi connectivity index (χ2v) is 7.93. The van der Waals surface area contributed by atoms with Gasteiger partial charge < -0.3 is 11.1 Å². The van der Waals surface area contributed by atoms with Gasteiger partial charge in [-0.1, -0.05) is 48.9 Å². The Balaban J connectivity index is 1.82. The van der Waals surface area contributed by atoms with E-state index in [2.05, 4.69) is 35.6 Å². The van der Waals surface area contributed by atoms with Crippen molar-refractivity contribution in [3.63, 3.8) is 0 Å². The second-order valence-electron chi connectivity index (χ2n) is 7.93. The number of nitrogens with two attached hydrogens (primary N) is 1. The molecule has 0 radical (unpaired) electrons. The molecule has 3 rings (SSSR count). The number of nitrogens with one attached hydrogen (secondary N) is 1. The van der Waals surface area contributed by atoms with E-state index in [-0.39, 0.29) is 11.4 Å². The summed E-state index contributed by atoms with van der Waals surface area (Å²) in [6.45, 7) is 3.67. The Kier molecular flexibility index (Phi) is 6.17. The van der Waals surface area contributed by atoms with Crippen LogP contribution in [0.3, 0.4) is 0 Å². The molecule has 1 aliphatic carbocycles. The van der Waals surface area contributed by atoms with Gasteiger partial charge in [-0.05, 0) is 62.4 Å². The topological polar surface area (TPSA) is 58.4 Å². The zero-order valence-corrected chi connectivity index (χ0v) is 16.4. The summed E-state index contributed by atoms with van der Waals surface area (Å²) in [5.74, 6) is 0.431. The Morgan fingerprint density at radius 3 is 2.67 bits per heavy atom. The Labute approximate surface area is 162 Å². The molecule has 2 amide bonds. The van der Waals surface area contributed by atoms with Crippen molar-refractivity contribution in [2.75, 3.05) is 25.0 Å². The van der Waals surface area contributed by atoms with Gasteiger partial charge in [-0.25, -0.2) is 4.79 Å². The molecule has 0 aromatic heterocycles. The number of anilines is 1. The van der Waals surface area contributed by atoms with E-state index in [1.54, 1.807) is 4.90 Å². The van der Waals surface area contributed by atoms with Crippen LogP contribution in [0.15, 0.2) is 54.6 Å². The fourth-order valence-electron chi connectivity index (χ4n) is 4.67.